The predicted molar refractivity (Wildman–Crippen MR) is 82.6 cm³/mol. The number of methoxy groups -OCH3 is 1. The minimum atomic E-state index is -0.957. The second-order valence-electron chi connectivity index (χ2n) is 4.99. The summed E-state index contributed by atoms with van der Waals surface area (Å²) in [4.78, 5) is 11.0. The van der Waals surface area contributed by atoms with Crippen LogP contribution in [0.5, 0.6) is 5.75 Å². The third-order valence-electron chi connectivity index (χ3n) is 3.07. The Balaban J connectivity index is 3.51. The molecule has 0 saturated carbocycles. The Morgan fingerprint density at radius 1 is 1.45 bits per heavy atom. The Bertz CT molecular complexity index is 519. The molecule has 0 unspecified atom stereocenters. The highest BCUT2D eigenvalue weighted by Gasteiger charge is 2.17. The van der Waals surface area contributed by atoms with Crippen LogP contribution < -0.4 is 4.74 Å². The van der Waals surface area contributed by atoms with Crippen LogP contribution in [0.25, 0.3) is 5.57 Å². The number of hydrogen-bond acceptors (Lipinski definition) is 2. The minimum Gasteiger partial charge on any atom is -0.496 e. The lowest BCUT2D eigenvalue weighted by Gasteiger charge is -2.18. The normalized spacial score (nSPS) is 11.8. The zero-order valence-electron chi connectivity index (χ0n) is 12.4. The first-order chi connectivity index (χ1) is 9.40. The van der Waals surface area contributed by atoms with Crippen molar-refractivity contribution in [2.24, 2.45) is 0 Å². The molecule has 0 radical (unpaired) electrons. The van der Waals surface area contributed by atoms with E-state index in [1.165, 1.54) is 6.08 Å². The topological polar surface area (TPSA) is 46.5 Å². The smallest absolute Gasteiger partial charge is 0.328 e. The number of allylic oxidation sites excluding steroid dienone is 1. The average molecular weight is 297 g/mol. The molecule has 1 N–H and O–H groups in total. The lowest BCUT2D eigenvalue weighted by atomic mass is 9.93. The molecule has 1 aromatic rings. The first-order valence-electron chi connectivity index (χ1n) is 6.72. The maximum atomic E-state index is 11.0. The van der Waals surface area contributed by atoms with Gasteiger partial charge < -0.3 is 9.84 Å². The molecule has 3 nitrogen and oxygen atoms in total. The van der Waals surface area contributed by atoms with Gasteiger partial charge in [-0.15, -0.1) is 0 Å². The van der Waals surface area contributed by atoms with Crippen molar-refractivity contribution < 1.29 is 14.6 Å². The molecule has 0 bridgehead atoms. The van der Waals surface area contributed by atoms with Crippen molar-refractivity contribution in [2.75, 3.05) is 7.11 Å². The second-order valence-corrected chi connectivity index (χ2v) is 5.42. The summed E-state index contributed by atoms with van der Waals surface area (Å²) < 4.78 is 5.51. The van der Waals surface area contributed by atoms with E-state index in [1.54, 1.807) is 13.2 Å². The Labute approximate surface area is 125 Å². The average Bonchev–Trinajstić information content (AvgIpc) is 2.36. The lowest BCUT2D eigenvalue weighted by molar-refractivity contribution is -0.131. The fourth-order valence-electron chi connectivity index (χ4n) is 2.21. The first-order valence-corrected chi connectivity index (χ1v) is 7.09. The van der Waals surface area contributed by atoms with Gasteiger partial charge in [0, 0.05) is 16.7 Å². The number of ether oxygens (including phenoxy) is 1. The summed E-state index contributed by atoms with van der Waals surface area (Å²) >= 11 is 6.17. The molecule has 0 fully saturated rings. The van der Waals surface area contributed by atoms with Gasteiger partial charge in [-0.1, -0.05) is 38.8 Å². The quantitative estimate of drug-likeness (QED) is 0.771. The Kier molecular flexibility index (Phi) is 6.08. The van der Waals surface area contributed by atoms with Crippen LogP contribution in [0.2, 0.25) is 5.02 Å². The zero-order valence-corrected chi connectivity index (χ0v) is 13.1. The second kappa shape index (κ2) is 7.34. The highest BCUT2D eigenvalue weighted by atomic mass is 35.5. The van der Waals surface area contributed by atoms with Gasteiger partial charge in [0.05, 0.1) is 7.11 Å². The van der Waals surface area contributed by atoms with E-state index in [1.807, 2.05) is 13.0 Å². The predicted octanol–water partition coefficient (Wildman–Crippen LogP) is 4.74. The van der Waals surface area contributed by atoms with Gasteiger partial charge in [0.1, 0.15) is 5.75 Å². The molecule has 0 aliphatic heterocycles. The molecule has 0 aliphatic rings. The van der Waals surface area contributed by atoms with E-state index in [0.717, 1.165) is 23.1 Å². The molecule has 1 rings (SSSR count). The van der Waals surface area contributed by atoms with Crippen molar-refractivity contribution in [3.05, 3.63) is 34.4 Å². The molecule has 4 heteroatoms. The number of halogens is 1. The van der Waals surface area contributed by atoms with Crippen molar-refractivity contribution in [3.63, 3.8) is 0 Å². The van der Waals surface area contributed by atoms with Gasteiger partial charge >= 0.3 is 5.97 Å². The molecule has 0 atom stereocenters. The van der Waals surface area contributed by atoms with Crippen LogP contribution in [0.3, 0.4) is 0 Å². The summed E-state index contributed by atoms with van der Waals surface area (Å²) in [6, 6.07) is 3.65. The molecular weight excluding hydrogens is 276 g/mol. The van der Waals surface area contributed by atoms with Crippen molar-refractivity contribution in [1.82, 2.24) is 0 Å². The van der Waals surface area contributed by atoms with Gasteiger partial charge in [-0.2, -0.15) is 0 Å². The van der Waals surface area contributed by atoms with E-state index in [-0.39, 0.29) is 5.92 Å². The van der Waals surface area contributed by atoms with Gasteiger partial charge in [-0.3, -0.25) is 0 Å². The highest BCUT2D eigenvalue weighted by Crippen LogP contribution is 2.38. The summed E-state index contributed by atoms with van der Waals surface area (Å²) in [5.74, 6) is 0.00188. The van der Waals surface area contributed by atoms with E-state index in [2.05, 4.69) is 13.8 Å². The Morgan fingerprint density at radius 2 is 2.10 bits per heavy atom. The number of carbonyl (C=O) groups is 1. The van der Waals surface area contributed by atoms with Crippen LogP contribution in [0.1, 0.15) is 50.7 Å². The maximum absolute atomic E-state index is 11.0. The standard InChI is InChI=1S/C16H21ClO3/c1-5-6-11(7-15(18)19)14-9-12(17)8-13(10(2)3)16(14)20-4/h7-10H,5-6H2,1-4H3,(H,18,19)/b11-7+. The van der Waals surface area contributed by atoms with E-state index in [0.29, 0.717) is 17.2 Å². The summed E-state index contributed by atoms with van der Waals surface area (Å²) in [5, 5.41) is 9.63. The highest BCUT2D eigenvalue weighted by molar-refractivity contribution is 6.31. The van der Waals surface area contributed by atoms with Gasteiger partial charge in [-0.05, 0) is 35.6 Å². The largest absolute Gasteiger partial charge is 0.496 e. The molecule has 0 aliphatic carbocycles. The molecule has 0 spiro atoms. The third-order valence-corrected chi connectivity index (χ3v) is 3.29. The Morgan fingerprint density at radius 3 is 2.55 bits per heavy atom. The van der Waals surface area contributed by atoms with Crippen LogP contribution in [0.4, 0.5) is 0 Å². The van der Waals surface area contributed by atoms with E-state index >= 15 is 0 Å². The molecule has 20 heavy (non-hydrogen) atoms. The van der Waals surface area contributed by atoms with Gasteiger partial charge in [0.2, 0.25) is 0 Å². The zero-order chi connectivity index (χ0) is 15.3. The third kappa shape index (κ3) is 4.01. The fraction of sp³-hybridized carbons (Fsp3) is 0.438. The van der Waals surface area contributed by atoms with Crippen LogP contribution >= 0.6 is 11.6 Å². The van der Waals surface area contributed by atoms with Gasteiger partial charge in [0.25, 0.3) is 0 Å². The van der Waals surface area contributed by atoms with Crippen LogP contribution in [0, 0.1) is 0 Å². The number of hydrogen-bond donors (Lipinski definition) is 1. The summed E-state index contributed by atoms with van der Waals surface area (Å²) in [7, 11) is 1.60. The number of rotatable bonds is 6. The van der Waals surface area contributed by atoms with E-state index in [9.17, 15) is 4.79 Å². The summed E-state index contributed by atoms with van der Waals surface area (Å²) in [5.41, 5.74) is 2.50. The molecule has 0 aromatic heterocycles. The molecule has 0 heterocycles. The number of aliphatic carboxylic acids is 1. The summed E-state index contributed by atoms with van der Waals surface area (Å²) in [6.45, 7) is 6.12. The van der Waals surface area contributed by atoms with E-state index < -0.39 is 5.97 Å². The van der Waals surface area contributed by atoms with Gasteiger partial charge in [-0.25, -0.2) is 4.79 Å². The Hall–Kier alpha value is -1.48. The van der Waals surface area contributed by atoms with Crippen molar-refractivity contribution in [1.29, 1.82) is 0 Å². The van der Waals surface area contributed by atoms with Gasteiger partial charge in [0.15, 0.2) is 0 Å². The maximum Gasteiger partial charge on any atom is 0.328 e. The van der Waals surface area contributed by atoms with Crippen molar-refractivity contribution in [3.8, 4) is 5.75 Å². The molecule has 0 saturated heterocycles. The molecule has 0 amide bonds. The molecule has 110 valence electrons. The van der Waals surface area contributed by atoms with Crippen molar-refractivity contribution in [2.45, 2.75) is 39.5 Å². The molecular formula is C16H21ClO3. The number of benzene rings is 1. The van der Waals surface area contributed by atoms with Crippen LogP contribution in [-0.2, 0) is 4.79 Å². The summed E-state index contributed by atoms with van der Waals surface area (Å²) in [6.07, 6.45) is 2.76. The van der Waals surface area contributed by atoms with Crippen LogP contribution in [0.15, 0.2) is 18.2 Å². The number of carboxylic acid groups (broad SMARTS) is 1. The lowest BCUT2D eigenvalue weighted by Crippen LogP contribution is -2.01. The molecule has 1 aromatic carbocycles. The number of carboxylic acids is 1. The SMILES string of the molecule is CCC/C(=C\C(=O)O)c1cc(Cl)cc(C(C)C)c1OC. The minimum absolute atomic E-state index is 0.245. The van der Waals surface area contributed by atoms with Crippen molar-refractivity contribution >= 4 is 23.1 Å². The monoisotopic (exact) mass is 296 g/mol. The fourth-order valence-corrected chi connectivity index (χ4v) is 2.44. The first kappa shape index (κ1) is 16.6. The van der Waals surface area contributed by atoms with E-state index in [4.69, 9.17) is 21.4 Å². The van der Waals surface area contributed by atoms with Crippen LogP contribution in [-0.4, -0.2) is 18.2 Å².